The smallest absolute Gasteiger partial charge is 0.438 e. The number of benzene rings is 1. The van der Waals surface area contributed by atoms with Gasteiger partial charge in [-0.3, -0.25) is 0 Å². The summed E-state index contributed by atoms with van der Waals surface area (Å²) in [7, 11) is 0. The first-order valence-electron chi connectivity index (χ1n) is 6.42. The topological polar surface area (TPSA) is 65.5 Å². The van der Waals surface area contributed by atoms with Crippen LogP contribution < -0.4 is 4.74 Å². The van der Waals surface area contributed by atoms with Crippen molar-refractivity contribution < 1.29 is 32.2 Å². The molecule has 1 aromatic heterocycles. The number of carbonyl (C=O) groups is 2. The Morgan fingerprint density at radius 1 is 1.17 bits per heavy atom. The number of carbonyl (C=O) groups excluding carboxylic acids is 2. The van der Waals surface area contributed by atoms with Gasteiger partial charge in [-0.1, -0.05) is 6.07 Å². The van der Waals surface area contributed by atoms with E-state index in [0.29, 0.717) is 23.6 Å². The maximum absolute atomic E-state index is 12.1. The molecule has 0 atom stereocenters. The summed E-state index contributed by atoms with van der Waals surface area (Å²) in [4.78, 5) is 26.4. The SMILES string of the molecule is O=C(OC(=O)C(F)(F)F)c1ccc2c(c1)Cc1cccnc1O2. The number of rotatable bonds is 1. The molecule has 0 fully saturated rings. The summed E-state index contributed by atoms with van der Waals surface area (Å²) in [5.41, 5.74) is 1.19. The molecule has 0 unspecified atom stereocenters. The van der Waals surface area contributed by atoms with E-state index in [-0.39, 0.29) is 5.56 Å². The number of hydrogen-bond acceptors (Lipinski definition) is 5. The fraction of sp³-hybridized carbons (Fsp3) is 0.133. The number of nitrogens with zero attached hydrogens (tertiary/aromatic N) is 1. The van der Waals surface area contributed by atoms with Crippen LogP contribution in [0, 0.1) is 0 Å². The van der Waals surface area contributed by atoms with Crippen molar-refractivity contribution in [3.8, 4) is 11.6 Å². The molecule has 0 bridgehead atoms. The third kappa shape index (κ3) is 3.01. The lowest BCUT2D eigenvalue weighted by atomic mass is 10.0. The predicted molar refractivity (Wildman–Crippen MR) is 70.0 cm³/mol. The molecule has 0 spiro atoms. The molecule has 0 radical (unpaired) electrons. The van der Waals surface area contributed by atoms with Crippen LogP contribution in [-0.4, -0.2) is 23.1 Å². The Morgan fingerprint density at radius 2 is 1.96 bits per heavy atom. The normalized spacial score (nSPS) is 12.7. The minimum Gasteiger partial charge on any atom is -0.438 e. The second-order valence-corrected chi connectivity index (χ2v) is 4.74. The molecular weight excluding hydrogens is 315 g/mol. The molecule has 2 aromatic rings. The van der Waals surface area contributed by atoms with Gasteiger partial charge in [-0.25, -0.2) is 14.6 Å². The van der Waals surface area contributed by atoms with Gasteiger partial charge < -0.3 is 9.47 Å². The third-order valence-corrected chi connectivity index (χ3v) is 3.15. The highest BCUT2D eigenvalue weighted by molar-refractivity contribution is 5.98. The molecule has 5 nitrogen and oxygen atoms in total. The monoisotopic (exact) mass is 323 g/mol. The van der Waals surface area contributed by atoms with Gasteiger partial charge in [0.1, 0.15) is 5.75 Å². The number of hydrogen-bond donors (Lipinski definition) is 0. The van der Waals surface area contributed by atoms with E-state index in [4.69, 9.17) is 4.74 Å². The highest BCUT2D eigenvalue weighted by Gasteiger charge is 2.42. The van der Waals surface area contributed by atoms with Crippen molar-refractivity contribution in [3.63, 3.8) is 0 Å². The van der Waals surface area contributed by atoms with Crippen molar-refractivity contribution in [1.29, 1.82) is 0 Å². The van der Waals surface area contributed by atoms with Crippen LogP contribution in [0.25, 0.3) is 0 Å². The summed E-state index contributed by atoms with van der Waals surface area (Å²) in [6.45, 7) is 0. The lowest BCUT2D eigenvalue weighted by molar-refractivity contribution is -0.193. The third-order valence-electron chi connectivity index (χ3n) is 3.15. The Balaban J connectivity index is 1.83. The van der Waals surface area contributed by atoms with Crippen LogP contribution in [0.4, 0.5) is 13.2 Å². The first kappa shape index (κ1) is 15.0. The summed E-state index contributed by atoms with van der Waals surface area (Å²) < 4.78 is 45.7. The maximum atomic E-state index is 12.1. The molecule has 118 valence electrons. The Hall–Kier alpha value is -2.90. The lowest BCUT2D eigenvalue weighted by Crippen LogP contribution is -2.28. The molecule has 3 rings (SSSR count). The molecule has 1 aromatic carbocycles. The van der Waals surface area contributed by atoms with E-state index < -0.39 is 18.1 Å². The van der Waals surface area contributed by atoms with Crippen molar-refractivity contribution >= 4 is 11.9 Å². The summed E-state index contributed by atoms with van der Waals surface area (Å²) in [6, 6.07) is 7.47. The molecular formula is C15H8F3NO4. The van der Waals surface area contributed by atoms with Crippen LogP contribution in [-0.2, 0) is 16.0 Å². The molecule has 1 aliphatic rings. The zero-order valence-electron chi connectivity index (χ0n) is 11.4. The van der Waals surface area contributed by atoms with Crippen LogP contribution in [0.3, 0.4) is 0 Å². The van der Waals surface area contributed by atoms with Crippen LogP contribution in [0.5, 0.6) is 11.6 Å². The van der Waals surface area contributed by atoms with Gasteiger partial charge in [0, 0.05) is 23.7 Å². The van der Waals surface area contributed by atoms with E-state index in [9.17, 15) is 22.8 Å². The fourth-order valence-electron chi connectivity index (χ4n) is 2.11. The zero-order chi connectivity index (χ0) is 16.6. The molecule has 0 N–H and O–H groups in total. The molecule has 0 saturated carbocycles. The van der Waals surface area contributed by atoms with E-state index >= 15 is 0 Å². The molecule has 23 heavy (non-hydrogen) atoms. The van der Waals surface area contributed by atoms with Crippen molar-refractivity contribution in [2.75, 3.05) is 0 Å². The average molecular weight is 323 g/mol. The van der Waals surface area contributed by atoms with Crippen LogP contribution in [0.2, 0.25) is 0 Å². The number of fused-ring (bicyclic) bond motifs is 2. The molecule has 0 saturated heterocycles. The number of esters is 2. The van der Waals surface area contributed by atoms with Gasteiger partial charge in [-0.15, -0.1) is 0 Å². The van der Waals surface area contributed by atoms with Crippen molar-refractivity contribution in [2.45, 2.75) is 12.6 Å². The van der Waals surface area contributed by atoms with Gasteiger partial charge in [-0.2, -0.15) is 13.2 Å². The Morgan fingerprint density at radius 3 is 2.70 bits per heavy atom. The zero-order valence-corrected chi connectivity index (χ0v) is 11.4. The highest BCUT2D eigenvalue weighted by Crippen LogP contribution is 2.35. The second kappa shape index (κ2) is 5.38. The van der Waals surface area contributed by atoms with Gasteiger partial charge in [0.05, 0.1) is 5.56 Å². The molecule has 0 amide bonds. The Kier molecular flexibility index (Phi) is 3.51. The first-order chi connectivity index (χ1) is 10.8. The van der Waals surface area contributed by atoms with E-state index in [1.807, 2.05) is 0 Å². The van der Waals surface area contributed by atoms with Gasteiger partial charge in [0.15, 0.2) is 0 Å². The van der Waals surface area contributed by atoms with Gasteiger partial charge in [0.2, 0.25) is 5.88 Å². The maximum Gasteiger partial charge on any atom is 0.491 e. The van der Waals surface area contributed by atoms with E-state index in [0.717, 1.165) is 5.56 Å². The second-order valence-electron chi connectivity index (χ2n) is 4.74. The quantitative estimate of drug-likeness (QED) is 0.509. The Labute approximate surface area is 127 Å². The number of ether oxygens (including phenoxy) is 2. The van der Waals surface area contributed by atoms with Crippen molar-refractivity contribution in [2.24, 2.45) is 0 Å². The number of alkyl halides is 3. The molecule has 0 aliphatic carbocycles. The number of aromatic nitrogens is 1. The largest absolute Gasteiger partial charge is 0.491 e. The van der Waals surface area contributed by atoms with Crippen molar-refractivity contribution in [3.05, 3.63) is 53.2 Å². The predicted octanol–water partition coefficient (Wildman–Crippen LogP) is 3.02. The minimum absolute atomic E-state index is 0.169. The summed E-state index contributed by atoms with van der Waals surface area (Å²) >= 11 is 0. The highest BCUT2D eigenvalue weighted by atomic mass is 19.4. The summed E-state index contributed by atoms with van der Waals surface area (Å²) in [5, 5.41) is 0. The van der Waals surface area contributed by atoms with Gasteiger partial charge >= 0.3 is 18.1 Å². The van der Waals surface area contributed by atoms with Crippen LogP contribution >= 0.6 is 0 Å². The number of halogens is 3. The van der Waals surface area contributed by atoms with E-state index in [2.05, 4.69) is 9.72 Å². The lowest BCUT2D eigenvalue weighted by Gasteiger charge is -2.19. The van der Waals surface area contributed by atoms with E-state index in [1.165, 1.54) is 18.2 Å². The summed E-state index contributed by atoms with van der Waals surface area (Å²) in [5.74, 6) is -3.05. The van der Waals surface area contributed by atoms with Crippen LogP contribution in [0.1, 0.15) is 21.5 Å². The summed E-state index contributed by atoms with van der Waals surface area (Å²) in [6.07, 6.45) is -3.26. The minimum atomic E-state index is -5.22. The molecule has 2 heterocycles. The number of pyridine rings is 1. The van der Waals surface area contributed by atoms with Gasteiger partial charge in [-0.05, 0) is 24.3 Å². The first-order valence-corrected chi connectivity index (χ1v) is 6.42. The molecule has 8 heteroatoms. The van der Waals surface area contributed by atoms with Crippen molar-refractivity contribution in [1.82, 2.24) is 4.98 Å². The van der Waals surface area contributed by atoms with Crippen LogP contribution in [0.15, 0.2) is 36.5 Å². The van der Waals surface area contributed by atoms with E-state index in [1.54, 1.807) is 18.3 Å². The molecule has 1 aliphatic heterocycles. The standard InChI is InChI=1S/C15H8F3NO4/c16-15(17,18)14(21)23-13(20)9-3-4-11-10(7-9)6-8-2-1-5-19-12(8)22-11/h1-5,7H,6H2. The Bertz CT molecular complexity index is 802. The fourth-order valence-corrected chi connectivity index (χ4v) is 2.11. The average Bonchev–Trinajstić information content (AvgIpc) is 2.51. The van der Waals surface area contributed by atoms with Gasteiger partial charge in [0.25, 0.3) is 0 Å².